The maximum Gasteiger partial charge on any atom is 0.106 e. The van der Waals surface area contributed by atoms with Gasteiger partial charge >= 0.3 is 0 Å². The van der Waals surface area contributed by atoms with Crippen molar-refractivity contribution in [3.8, 4) is 6.07 Å². The number of aromatic nitrogens is 3. The van der Waals surface area contributed by atoms with Gasteiger partial charge in [-0.05, 0) is 18.8 Å². The van der Waals surface area contributed by atoms with Gasteiger partial charge in [0.1, 0.15) is 11.1 Å². The summed E-state index contributed by atoms with van der Waals surface area (Å²) in [7, 11) is 1.89. The first kappa shape index (κ1) is 9.20. The van der Waals surface area contributed by atoms with Crippen molar-refractivity contribution in [1.82, 2.24) is 15.0 Å². The van der Waals surface area contributed by atoms with Crippen molar-refractivity contribution in [3.05, 3.63) is 11.4 Å². The molecule has 0 amide bonds. The van der Waals surface area contributed by atoms with Crippen molar-refractivity contribution in [3.63, 3.8) is 0 Å². The Bertz CT molecular complexity index is 393. The molecule has 2 rings (SSSR count). The Labute approximate surface area is 83.5 Å². The van der Waals surface area contributed by atoms with Gasteiger partial charge in [0.25, 0.3) is 0 Å². The summed E-state index contributed by atoms with van der Waals surface area (Å²) in [5.41, 5.74) is 1.69. The summed E-state index contributed by atoms with van der Waals surface area (Å²) < 4.78 is 1.79. The van der Waals surface area contributed by atoms with Crippen LogP contribution < -0.4 is 0 Å². The molecule has 1 fully saturated rings. The fourth-order valence-corrected chi connectivity index (χ4v) is 1.88. The van der Waals surface area contributed by atoms with Crippen LogP contribution in [0.15, 0.2) is 0 Å². The molecule has 0 radical (unpaired) electrons. The van der Waals surface area contributed by atoms with Crippen molar-refractivity contribution in [2.45, 2.75) is 38.0 Å². The number of hydrogen-bond acceptors (Lipinski definition) is 3. The summed E-state index contributed by atoms with van der Waals surface area (Å²) >= 11 is 0. The van der Waals surface area contributed by atoms with E-state index in [0.717, 1.165) is 24.2 Å². The lowest BCUT2D eigenvalue weighted by molar-refractivity contribution is 0.646. The summed E-state index contributed by atoms with van der Waals surface area (Å²) in [6.07, 6.45) is 1.86. The number of nitrogens with zero attached hydrogens (tertiary/aromatic N) is 4. The molecule has 0 N–H and O–H groups in total. The van der Waals surface area contributed by atoms with E-state index in [0.29, 0.717) is 5.92 Å². The van der Waals surface area contributed by atoms with Crippen LogP contribution in [0.25, 0.3) is 0 Å². The van der Waals surface area contributed by atoms with Gasteiger partial charge in [0.15, 0.2) is 0 Å². The first-order chi connectivity index (χ1) is 6.60. The summed E-state index contributed by atoms with van der Waals surface area (Å²) in [6, 6.07) is 2.36. The topological polar surface area (TPSA) is 54.5 Å². The third-order valence-electron chi connectivity index (χ3n) is 2.83. The van der Waals surface area contributed by atoms with Crippen LogP contribution >= 0.6 is 0 Å². The third kappa shape index (κ3) is 1.12. The highest BCUT2D eigenvalue weighted by atomic mass is 15.4. The van der Waals surface area contributed by atoms with E-state index in [1.807, 2.05) is 7.05 Å². The minimum absolute atomic E-state index is 0.312. The van der Waals surface area contributed by atoms with E-state index >= 15 is 0 Å². The van der Waals surface area contributed by atoms with Crippen LogP contribution in [-0.4, -0.2) is 15.0 Å². The van der Waals surface area contributed by atoms with Gasteiger partial charge in [-0.1, -0.05) is 19.1 Å². The molecule has 1 aromatic rings. The quantitative estimate of drug-likeness (QED) is 0.710. The third-order valence-corrected chi connectivity index (χ3v) is 2.83. The predicted molar refractivity (Wildman–Crippen MR) is 51.6 cm³/mol. The molecule has 1 saturated carbocycles. The van der Waals surface area contributed by atoms with Crippen LogP contribution in [0.5, 0.6) is 0 Å². The molecular weight excluding hydrogens is 176 g/mol. The second-order valence-electron chi connectivity index (χ2n) is 4.30. The lowest BCUT2D eigenvalue weighted by Crippen LogP contribution is -2.10. The monoisotopic (exact) mass is 190 g/mol. The predicted octanol–water partition coefficient (Wildman–Crippen LogP) is 1.49. The maximum absolute atomic E-state index is 9.10. The minimum atomic E-state index is -0.312. The number of hydrogen-bond donors (Lipinski definition) is 0. The van der Waals surface area contributed by atoms with Crippen LogP contribution in [0.3, 0.4) is 0 Å². The first-order valence-corrected chi connectivity index (χ1v) is 4.92. The van der Waals surface area contributed by atoms with Gasteiger partial charge < -0.3 is 0 Å². The van der Waals surface area contributed by atoms with Crippen molar-refractivity contribution >= 4 is 0 Å². The number of rotatable bonds is 2. The van der Waals surface area contributed by atoms with Crippen molar-refractivity contribution in [1.29, 1.82) is 5.26 Å². The van der Waals surface area contributed by atoms with Gasteiger partial charge in [-0.25, -0.2) is 0 Å². The van der Waals surface area contributed by atoms with E-state index in [-0.39, 0.29) is 5.41 Å². The molecule has 0 bridgehead atoms. The summed E-state index contributed by atoms with van der Waals surface area (Å²) in [5, 5.41) is 17.2. The van der Waals surface area contributed by atoms with Crippen LogP contribution in [0.2, 0.25) is 0 Å². The molecule has 1 aromatic heterocycles. The van der Waals surface area contributed by atoms with Crippen LogP contribution in [-0.2, 0) is 12.5 Å². The Kier molecular flexibility index (Phi) is 1.84. The van der Waals surface area contributed by atoms with Crippen LogP contribution in [0, 0.1) is 11.3 Å². The standard InChI is InChI=1S/C10H14N4/c1-7(2)8-9(12-13-14(8)3)10(6-11)4-5-10/h7H,4-5H2,1-3H3. The molecule has 4 nitrogen and oxygen atoms in total. The molecular formula is C10H14N4. The average molecular weight is 190 g/mol. The summed E-state index contributed by atoms with van der Waals surface area (Å²) in [4.78, 5) is 0. The zero-order valence-corrected chi connectivity index (χ0v) is 8.78. The van der Waals surface area contributed by atoms with Gasteiger partial charge in [0.05, 0.1) is 11.8 Å². The smallest absolute Gasteiger partial charge is 0.106 e. The molecule has 4 heteroatoms. The largest absolute Gasteiger partial charge is 0.252 e. The lowest BCUT2D eigenvalue weighted by atomic mass is 9.97. The first-order valence-electron chi connectivity index (χ1n) is 4.92. The van der Waals surface area contributed by atoms with Crippen molar-refractivity contribution < 1.29 is 0 Å². The summed E-state index contributed by atoms with van der Waals surface area (Å²) in [6.45, 7) is 4.21. The summed E-state index contributed by atoms with van der Waals surface area (Å²) in [5.74, 6) is 0.371. The van der Waals surface area contributed by atoms with E-state index in [9.17, 15) is 0 Å². The Balaban J connectivity index is 2.50. The molecule has 1 aliphatic carbocycles. The molecule has 0 aromatic carbocycles. The maximum atomic E-state index is 9.10. The van der Waals surface area contributed by atoms with Crippen LogP contribution in [0.1, 0.15) is 44.0 Å². The molecule has 0 saturated heterocycles. The highest BCUT2D eigenvalue weighted by Crippen LogP contribution is 2.48. The zero-order valence-electron chi connectivity index (χ0n) is 8.78. The Morgan fingerprint density at radius 2 is 2.14 bits per heavy atom. The molecule has 1 heterocycles. The molecule has 0 spiro atoms. The Morgan fingerprint density at radius 1 is 1.50 bits per heavy atom. The van der Waals surface area contributed by atoms with Crippen molar-refractivity contribution in [2.24, 2.45) is 7.05 Å². The van der Waals surface area contributed by atoms with E-state index in [4.69, 9.17) is 5.26 Å². The number of nitriles is 1. The molecule has 1 aliphatic rings. The van der Waals surface area contributed by atoms with Crippen LogP contribution in [0.4, 0.5) is 0 Å². The molecule has 74 valence electrons. The van der Waals surface area contributed by atoms with E-state index < -0.39 is 0 Å². The van der Waals surface area contributed by atoms with E-state index in [2.05, 4.69) is 30.2 Å². The Morgan fingerprint density at radius 3 is 2.57 bits per heavy atom. The zero-order chi connectivity index (χ0) is 10.3. The normalized spacial score (nSPS) is 18.2. The van der Waals surface area contributed by atoms with Gasteiger partial charge in [-0.15, -0.1) is 5.10 Å². The van der Waals surface area contributed by atoms with Gasteiger partial charge in [-0.3, -0.25) is 4.68 Å². The average Bonchev–Trinajstić information content (AvgIpc) is 2.84. The van der Waals surface area contributed by atoms with E-state index in [1.165, 1.54) is 0 Å². The highest BCUT2D eigenvalue weighted by Gasteiger charge is 2.49. The fraction of sp³-hybridized carbons (Fsp3) is 0.700. The minimum Gasteiger partial charge on any atom is -0.252 e. The molecule has 0 aliphatic heterocycles. The molecule has 14 heavy (non-hydrogen) atoms. The Hall–Kier alpha value is -1.37. The van der Waals surface area contributed by atoms with Gasteiger partial charge in [0.2, 0.25) is 0 Å². The highest BCUT2D eigenvalue weighted by molar-refractivity contribution is 5.37. The number of aryl methyl sites for hydroxylation is 1. The molecule has 0 unspecified atom stereocenters. The van der Waals surface area contributed by atoms with Gasteiger partial charge in [-0.2, -0.15) is 5.26 Å². The SMILES string of the molecule is CC(C)c1c(C2(C#N)CC2)nnn1C. The van der Waals surface area contributed by atoms with E-state index in [1.54, 1.807) is 4.68 Å². The second kappa shape index (κ2) is 2.81. The fourth-order valence-electron chi connectivity index (χ4n) is 1.88. The van der Waals surface area contributed by atoms with Gasteiger partial charge in [0, 0.05) is 7.05 Å². The molecule has 0 atom stereocenters. The second-order valence-corrected chi connectivity index (χ2v) is 4.30. The lowest BCUT2D eigenvalue weighted by Gasteiger charge is -2.09. The van der Waals surface area contributed by atoms with Crippen molar-refractivity contribution in [2.75, 3.05) is 0 Å².